The van der Waals surface area contributed by atoms with Crippen molar-refractivity contribution in [1.82, 2.24) is 0 Å². The van der Waals surface area contributed by atoms with E-state index in [4.69, 9.17) is 16.3 Å². The first-order valence-electron chi connectivity index (χ1n) is 6.32. The minimum atomic E-state index is -0.245. The zero-order valence-corrected chi connectivity index (χ0v) is 12.0. The molecule has 104 valence electrons. The predicted octanol–water partition coefficient (Wildman–Crippen LogP) is 3.67. The maximum atomic E-state index is 11.4. The van der Waals surface area contributed by atoms with E-state index in [2.05, 4.69) is 5.32 Å². The second-order valence-electron chi connectivity index (χ2n) is 4.39. The van der Waals surface area contributed by atoms with Crippen molar-refractivity contribution < 1.29 is 9.53 Å². The molecule has 20 heavy (non-hydrogen) atoms. The summed E-state index contributed by atoms with van der Waals surface area (Å²) in [5.41, 5.74) is 2.99. The molecular weight excluding hydrogens is 274 g/mol. The molecule has 0 spiro atoms. The van der Waals surface area contributed by atoms with Gasteiger partial charge in [-0.25, -0.2) is 0 Å². The van der Waals surface area contributed by atoms with Gasteiger partial charge in [-0.15, -0.1) is 0 Å². The van der Waals surface area contributed by atoms with E-state index in [9.17, 15) is 4.79 Å². The second kappa shape index (κ2) is 6.96. The fourth-order valence-corrected chi connectivity index (χ4v) is 2.00. The Bertz CT molecular complexity index is 581. The van der Waals surface area contributed by atoms with Gasteiger partial charge in [0, 0.05) is 17.3 Å². The number of carbonyl (C=O) groups excluding carboxylic acids is 1. The molecule has 2 aromatic rings. The van der Waals surface area contributed by atoms with Gasteiger partial charge in [-0.2, -0.15) is 0 Å². The molecule has 0 atom stereocenters. The zero-order chi connectivity index (χ0) is 14.4. The number of carbonyl (C=O) groups is 1. The van der Waals surface area contributed by atoms with E-state index in [0.29, 0.717) is 6.54 Å². The predicted molar refractivity (Wildman–Crippen MR) is 80.9 cm³/mol. The van der Waals surface area contributed by atoms with Crippen molar-refractivity contribution in [3.05, 3.63) is 64.7 Å². The number of halogens is 1. The van der Waals surface area contributed by atoms with Gasteiger partial charge in [0.1, 0.15) is 0 Å². The summed E-state index contributed by atoms with van der Waals surface area (Å²) in [5.74, 6) is -0.245. The normalized spacial score (nSPS) is 10.1. The Hall–Kier alpha value is -2.00. The quantitative estimate of drug-likeness (QED) is 0.854. The number of rotatable bonds is 5. The highest BCUT2D eigenvalue weighted by Gasteiger charge is 2.07. The van der Waals surface area contributed by atoms with Crippen molar-refractivity contribution in [3.63, 3.8) is 0 Å². The number of methoxy groups -OCH3 is 1. The van der Waals surface area contributed by atoms with Gasteiger partial charge < -0.3 is 10.1 Å². The highest BCUT2D eigenvalue weighted by atomic mass is 35.5. The van der Waals surface area contributed by atoms with Crippen LogP contribution in [0, 0.1) is 0 Å². The van der Waals surface area contributed by atoms with E-state index >= 15 is 0 Å². The Kier molecular flexibility index (Phi) is 5.02. The van der Waals surface area contributed by atoms with Gasteiger partial charge in [-0.1, -0.05) is 41.9 Å². The van der Waals surface area contributed by atoms with Gasteiger partial charge in [-0.05, 0) is 29.3 Å². The van der Waals surface area contributed by atoms with Gasteiger partial charge >= 0.3 is 5.97 Å². The summed E-state index contributed by atoms with van der Waals surface area (Å²) < 4.78 is 4.70. The molecule has 0 heterocycles. The van der Waals surface area contributed by atoms with Crippen LogP contribution in [0.4, 0.5) is 5.69 Å². The van der Waals surface area contributed by atoms with Crippen molar-refractivity contribution in [2.45, 2.75) is 13.0 Å². The van der Waals surface area contributed by atoms with Crippen molar-refractivity contribution >= 4 is 23.3 Å². The molecule has 0 saturated carbocycles. The van der Waals surface area contributed by atoms with E-state index < -0.39 is 0 Å². The number of nitrogens with one attached hydrogen (secondary N) is 1. The Morgan fingerprint density at radius 3 is 2.55 bits per heavy atom. The van der Waals surface area contributed by atoms with Crippen LogP contribution in [0.2, 0.25) is 5.02 Å². The molecule has 0 aliphatic rings. The summed E-state index contributed by atoms with van der Waals surface area (Å²) in [6.07, 6.45) is 0.264. The number of esters is 1. The van der Waals surface area contributed by atoms with Crippen LogP contribution in [-0.2, 0) is 22.5 Å². The average Bonchev–Trinajstić information content (AvgIpc) is 2.48. The van der Waals surface area contributed by atoms with Crippen LogP contribution in [0.15, 0.2) is 48.5 Å². The van der Waals surface area contributed by atoms with E-state index in [0.717, 1.165) is 21.8 Å². The van der Waals surface area contributed by atoms with Crippen LogP contribution in [0.25, 0.3) is 0 Å². The van der Waals surface area contributed by atoms with Crippen molar-refractivity contribution in [3.8, 4) is 0 Å². The molecule has 0 unspecified atom stereocenters. The van der Waals surface area contributed by atoms with Gasteiger partial charge in [-0.3, -0.25) is 4.79 Å². The number of benzene rings is 2. The Morgan fingerprint density at radius 1 is 1.15 bits per heavy atom. The van der Waals surface area contributed by atoms with Gasteiger partial charge in [0.25, 0.3) is 0 Å². The molecule has 1 N–H and O–H groups in total. The lowest BCUT2D eigenvalue weighted by molar-refractivity contribution is -0.139. The van der Waals surface area contributed by atoms with Crippen molar-refractivity contribution in [2.75, 3.05) is 12.4 Å². The molecule has 0 aliphatic carbocycles. The third-order valence-corrected chi connectivity index (χ3v) is 3.23. The highest BCUT2D eigenvalue weighted by Crippen LogP contribution is 2.18. The van der Waals surface area contributed by atoms with E-state index in [1.807, 2.05) is 48.5 Å². The number of hydrogen-bond acceptors (Lipinski definition) is 3. The smallest absolute Gasteiger partial charge is 0.310 e. The second-order valence-corrected chi connectivity index (χ2v) is 4.83. The van der Waals surface area contributed by atoms with Crippen LogP contribution in [0.5, 0.6) is 0 Å². The highest BCUT2D eigenvalue weighted by molar-refractivity contribution is 6.30. The van der Waals surface area contributed by atoms with Crippen LogP contribution in [-0.4, -0.2) is 13.1 Å². The summed E-state index contributed by atoms with van der Waals surface area (Å²) >= 11 is 5.86. The number of hydrogen-bond donors (Lipinski definition) is 1. The van der Waals surface area contributed by atoms with Crippen LogP contribution < -0.4 is 5.32 Å². The van der Waals surface area contributed by atoms with Crippen LogP contribution in [0.3, 0.4) is 0 Å². The molecule has 2 rings (SSSR count). The fraction of sp³-hybridized carbons (Fsp3) is 0.188. The standard InChI is InChI=1S/C16H16ClNO2/c1-20-16(19)10-13-4-2-3-5-15(13)18-11-12-6-8-14(17)9-7-12/h2-9,18H,10-11H2,1H3. The first-order chi connectivity index (χ1) is 9.69. The minimum absolute atomic E-state index is 0.245. The first kappa shape index (κ1) is 14.4. The lowest BCUT2D eigenvalue weighted by Crippen LogP contribution is -2.08. The molecule has 2 aromatic carbocycles. The minimum Gasteiger partial charge on any atom is -0.469 e. The van der Waals surface area contributed by atoms with Gasteiger partial charge in [0.15, 0.2) is 0 Å². The molecule has 0 fully saturated rings. The Morgan fingerprint density at radius 2 is 1.85 bits per heavy atom. The molecule has 0 radical (unpaired) electrons. The van der Waals surface area contributed by atoms with E-state index in [1.165, 1.54) is 7.11 Å². The van der Waals surface area contributed by atoms with Crippen LogP contribution in [0.1, 0.15) is 11.1 Å². The topological polar surface area (TPSA) is 38.3 Å². The van der Waals surface area contributed by atoms with E-state index in [1.54, 1.807) is 0 Å². The van der Waals surface area contributed by atoms with Crippen LogP contribution >= 0.6 is 11.6 Å². The lowest BCUT2D eigenvalue weighted by Gasteiger charge is -2.11. The molecular formula is C16H16ClNO2. The SMILES string of the molecule is COC(=O)Cc1ccccc1NCc1ccc(Cl)cc1. The number of anilines is 1. The summed E-state index contributed by atoms with van der Waals surface area (Å²) in [6, 6.07) is 15.4. The average molecular weight is 290 g/mol. The zero-order valence-electron chi connectivity index (χ0n) is 11.2. The molecule has 0 aliphatic heterocycles. The number of ether oxygens (including phenoxy) is 1. The largest absolute Gasteiger partial charge is 0.469 e. The molecule has 0 amide bonds. The third-order valence-electron chi connectivity index (χ3n) is 2.98. The number of para-hydroxylation sites is 1. The summed E-state index contributed by atoms with van der Waals surface area (Å²) in [5, 5.41) is 4.05. The maximum absolute atomic E-state index is 11.4. The molecule has 0 aromatic heterocycles. The Balaban J connectivity index is 2.05. The van der Waals surface area contributed by atoms with Gasteiger partial charge in [0.2, 0.25) is 0 Å². The van der Waals surface area contributed by atoms with Crippen molar-refractivity contribution in [1.29, 1.82) is 0 Å². The Labute approximate surface area is 123 Å². The molecule has 0 saturated heterocycles. The molecule has 0 bridgehead atoms. The molecule has 3 nitrogen and oxygen atoms in total. The first-order valence-corrected chi connectivity index (χ1v) is 6.70. The van der Waals surface area contributed by atoms with Crippen molar-refractivity contribution in [2.24, 2.45) is 0 Å². The summed E-state index contributed by atoms with van der Waals surface area (Å²) in [4.78, 5) is 11.4. The summed E-state index contributed by atoms with van der Waals surface area (Å²) in [6.45, 7) is 0.676. The lowest BCUT2D eigenvalue weighted by atomic mass is 10.1. The maximum Gasteiger partial charge on any atom is 0.310 e. The van der Waals surface area contributed by atoms with E-state index in [-0.39, 0.29) is 12.4 Å². The monoisotopic (exact) mass is 289 g/mol. The van der Waals surface area contributed by atoms with Gasteiger partial charge in [0.05, 0.1) is 13.5 Å². The third kappa shape index (κ3) is 4.00. The summed E-state index contributed by atoms with van der Waals surface area (Å²) in [7, 11) is 1.39. The fourth-order valence-electron chi connectivity index (χ4n) is 1.87. The molecule has 4 heteroatoms.